The standard InChI is InChI=1S/C20H17NO5/c1-25-17-9-5-4-8-16(17)21-18(22)12-26-19-14-7-3-2-6-13(14)10-11-15(19)20(23)24/h2-11H,12H2,1H3,(H,21,22)(H,23,24). The number of fused-ring (bicyclic) bond motifs is 1. The predicted molar refractivity (Wildman–Crippen MR) is 98.0 cm³/mol. The second kappa shape index (κ2) is 7.57. The summed E-state index contributed by atoms with van der Waals surface area (Å²) in [6.07, 6.45) is 0. The molecule has 6 nitrogen and oxygen atoms in total. The fourth-order valence-corrected chi connectivity index (χ4v) is 2.64. The molecule has 0 saturated carbocycles. The number of amides is 1. The Hall–Kier alpha value is -3.54. The summed E-state index contributed by atoms with van der Waals surface area (Å²) in [7, 11) is 1.51. The van der Waals surface area contributed by atoms with Crippen LogP contribution in [0.2, 0.25) is 0 Å². The van der Waals surface area contributed by atoms with E-state index in [4.69, 9.17) is 9.47 Å². The van der Waals surface area contributed by atoms with Gasteiger partial charge in [0.15, 0.2) is 6.61 Å². The van der Waals surface area contributed by atoms with E-state index < -0.39 is 11.9 Å². The summed E-state index contributed by atoms with van der Waals surface area (Å²) in [5, 5.41) is 13.6. The Bertz CT molecular complexity index is 967. The van der Waals surface area contributed by atoms with Crippen LogP contribution in [0.4, 0.5) is 5.69 Å². The van der Waals surface area contributed by atoms with Crippen molar-refractivity contribution in [3.05, 3.63) is 66.2 Å². The molecule has 3 rings (SSSR count). The van der Waals surface area contributed by atoms with Gasteiger partial charge in [-0.05, 0) is 23.6 Å². The van der Waals surface area contributed by atoms with Gasteiger partial charge in [-0.25, -0.2) is 4.79 Å². The van der Waals surface area contributed by atoms with Crippen LogP contribution in [-0.4, -0.2) is 30.7 Å². The number of carbonyl (C=O) groups is 2. The zero-order chi connectivity index (χ0) is 18.5. The Morgan fingerprint density at radius 2 is 1.73 bits per heavy atom. The first kappa shape index (κ1) is 17.3. The molecule has 0 aliphatic heterocycles. The van der Waals surface area contributed by atoms with E-state index >= 15 is 0 Å². The lowest BCUT2D eigenvalue weighted by molar-refractivity contribution is -0.118. The van der Waals surface area contributed by atoms with Gasteiger partial charge in [-0.1, -0.05) is 42.5 Å². The third-order valence-electron chi connectivity index (χ3n) is 3.84. The molecule has 0 aromatic heterocycles. The molecule has 26 heavy (non-hydrogen) atoms. The topological polar surface area (TPSA) is 84.9 Å². The van der Waals surface area contributed by atoms with E-state index in [9.17, 15) is 14.7 Å². The van der Waals surface area contributed by atoms with E-state index in [1.54, 1.807) is 42.5 Å². The highest BCUT2D eigenvalue weighted by Crippen LogP contribution is 2.30. The van der Waals surface area contributed by atoms with Gasteiger partial charge in [-0.3, -0.25) is 4.79 Å². The van der Waals surface area contributed by atoms with Gasteiger partial charge in [-0.15, -0.1) is 0 Å². The number of aromatic carboxylic acids is 1. The van der Waals surface area contributed by atoms with Crippen LogP contribution in [0.5, 0.6) is 11.5 Å². The molecule has 0 radical (unpaired) electrons. The lowest BCUT2D eigenvalue weighted by Gasteiger charge is -2.13. The molecule has 0 saturated heterocycles. The van der Waals surface area contributed by atoms with Gasteiger partial charge in [0, 0.05) is 5.39 Å². The van der Waals surface area contributed by atoms with Crippen molar-refractivity contribution in [2.75, 3.05) is 19.0 Å². The van der Waals surface area contributed by atoms with Gasteiger partial charge in [0.25, 0.3) is 5.91 Å². The number of carbonyl (C=O) groups excluding carboxylic acids is 1. The van der Waals surface area contributed by atoms with Crippen LogP contribution in [-0.2, 0) is 4.79 Å². The molecule has 0 heterocycles. The maximum absolute atomic E-state index is 12.2. The molecule has 0 spiro atoms. The van der Waals surface area contributed by atoms with Gasteiger partial charge in [-0.2, -0.15) is 0 Å². The molecule has 0 aliphatic rings. The highest BCUT2D eigenvalue weighted by Gasteiger charge is 2.16. The highest BCUT2D eigenvalue weighted by molar-refractivity contribution is 6.01. The first-order chi connectivity index (χ1) is 12.6. The molecule has 2 N–H and O–H groups in total. The average molecular weight is 351 g/mol. The molecular formula is C20H17NO5. The minimum atomic E-state index is -1.11. The second-order valence-electron chi connectivity index (χ2n) is 5.51. The van der Waals surface area contributed by atoms with Gasteiger partial charge in [0.05, 0.1) is 12.8 Å². The van der Waals surface area contributed by atoms with Gasteiger partial charge in [0.1, 0.15) is 17.1 Å². The molecule has 0 atom stereocenters. The number of hydrogen-bond acceptors (Lipinski definition) is 4. The number of ether oxygens (including phenoxy) is 2. The number of para-hydroxylation sites is 2. The third-order valence-corrected chi connectivity index (χ3v) is 3.84. The fraction of sp³-hybridized carbons (Fsp3) is 0.100. The van der Waals surface area contributed by atoms with Crippen LogP contribution < -0.4 is 14.8 Å². The highest BCUT2D eigenvalue weighted by atomic mass is 16.5. The molecule has 0 aliphatic carbocycles. The van der Waals surface area contributed by atoms with Crippen LogP contribution in [0, 0.1) is 0 Å². The number of rotatable bonds is 6. The van der Waals surface area contributed by atoms with Crippen molar-refractivity contribution in [2.24, 2.45) is 0 Å². The van der Waals surface area contributed by atoms with E-state index in [1.807, 2.05) is 12.1 Å². The van der Waals surface area contributed by atoms with E-state index in [2.05, 4.69) is 5.32 Å². The van der Waals surface area contributed by atoms with Crippen LogP contribution >= 0.6 is 0 Å². The fourth-order valence-electron chi connectivity index (χ4n) is 2.64. The summed E-state index contributed by atoms with van der Waals surface area (Å²) < 4.78 is 10.8. The summed E-state index contributed by atoms with van der Waals surface area (Å²) >= 11 is 0. The van der Waals surface area contributed by atoms with Crippen LogP contribution in [0.25, 0.3) is 10.8 Å². The number of benzene rings is 3. The number of nitrogens with one attached hydrogen (secondary N) is 1. The normalized spacial score (nSPS) is 10.3. The Kier molecular flexibility index (Phi) is 5.03. The van der Waals surface area contributed by atoms with E-state index in [0.29, 0.717) is 16.8 Å². The van der Waals surface area contributed by atoms with Crippen LogP contribution in [0.3, 0.4) is 0 Å². The maximum Gasteiger partial charge on any atom is 0.339 e. The first-order valence-corrected chi connectivity index (χ1v) is 7.91. The van der Waals surface area contributed by atoms with Crippen molar-refractivity contribution in [3.63, 3.8) is 0 Å². The smallest absolute Gasteiger partial charge is 0.339 e. The Morgan fingerprint density at radius 3 is 2.50 bits per heavy atom. The summed E-state index contributed by atoms with van der Waals surface area (Å²) in [6, 6.07) is 17.4. The lowest BCUT2D eigenvalue weighted by Crippen LogP contribution is -2.21. The third kappa shape index (κ3) is 3.59. The van der Waals surface area contributed by atoms with Crippen LogP contribution in [0.1, 0.15) is 10.4 Å². The molecule has 3 aromatic carbocycles. The average Bonchev–Trinajstić information content (AvgIpc) is 2.66. The SMILES string of the molecule is COc1ccccc1NC(=O)COc1c(C(=O)O)ccc2ccccc12. The number of carboxylic acid groups (broad SMARTS) is 1. The zero-order valence-corrected chi connectivity index (χ0v) is 14.1. The molecule has 132 valence electrons. The number of anilines is 1. The molecule has 3 aromatic rings. The Balaban J connectivity index is 1.82. The Labute approximate surface area is 150 Å². The molecule has 0 unspecified atom stereocenters. The zero-order valence-electron chi connectivity index (χ0n) is 14.1. The van der Waals surface area contributed by atoms with Crippen molar-refractivity contribution in [3.8, 4) is 11.5 Å². The lowest BCUT2D eigenvalue weighted by atomic mass is 10.1. The monoisotopic (exact) mass is 351 g/mol. The molecule has 6 heteroatoms. The number of hydrogen-bond donors (Lipinski definition) is 2. The van der Waals surface area contributed by atoms with Crippen molar-refractivity contribution >= 4 is 28.3 Å². The Morgan fingerprint density at radius 1 is 1.00 bits per heavy atom. The van der Waals surface area contributed by atoms with Crippen LogP contribution in [0.15, 0.2) is 60.7 Å². The minimum absolute atomic E-state index is 0.00814. The summed E-state index contributed by atoms with van der Waals surface area (Å²) in [5.74, 6) is -0.835. The van der Waals surface area contributed by atoms with E-state index in [1.165, 1.54) is 13.2 Å². The van der Waals surface area contributed by atoms with E-state index in [0.717, 1.165) is 5.39 Å². The molecule has 1 amide bonds. The number of methoxy groups -OCH3 is 1. The molecular weight excluding hydrogens is 334 g/mol. The molecule has 0 fully saturated rings. The van der Waals surface area contributed by atoms with Crippen molar-refractivity contribution < 1.29 is 24.2 Å². The van der Waals surface area contributed by atoms with Crippen molar-refractivity contribution in [1.82, 2.24) is 0 Å². The summed E-state index contributed by atoms with van der Waals surface area (Å²) in [6.45, 7) is -0.327. The maximum atomic E-state index is 12.2. The van der Waals surface area contributed by atoms with E-state index in [-0.39, 0.29) is 17.9 Å². The van der Waals surface area contributed by atoms with Gasteiger partial charge < -0.3 is 19.9 Å². The largest absolute Gasteiger partial charge is 0.495 e. The number of carboxylic acids is 1. The first-order valence-electron chi connectivity index (χ1n) is 7.91. The second-order valence-corrected chi connectivity index (χ2v) is 5.51. The minimum Gasteiger partial charge on any atom is -0.495 e. The summed E-state index contributed by atoms with van der Waals surface area (Å²) in [5.41, 5.74) is 0.522. The summed E-state index contributed by atoms with van der Waals surface area (Å²) in [4.78, 5) is 23.7. The van der Waals surface area contributed by atoms with Gasteiger partial charge in [0.2, 0.25) is 0 Å². The van der Waals surface area contributed by atoms with Crippen molar-refractivity contribution in [2.45, 2.75) is 0 Å². The predicted octanol–water partition coefficient (Wildman–Crippen LogP) is 3.56. The van der Waals surface area contributed by atoms with Gasteiger partial charge >= 0.3 is 5.97 Å². The van der Waals surface area contributed by atoms with Crippen molar-refractivity contribution in [1.29, 1.82) is 0 Å². The molecule has 0 bridgehead atoms. The quantitative estimate of drug-likeness (QED) is 0.709.